The van der Waals surface area contributed by atoms with Crippen LogP contribution in [0.1, 0.15) is 0 Å². The number of hydrogen-bond donors (Lipinski definition) is 19. The van der Waals surface area contributed by atoms with Gasteiger partial charge in [0, 0.05) is 7.11 Å². The molecule has 31 heteroatoms. The predicted molar refractivity (Wildman–Crippen MR) is 204 cm³/mol. The van der Waals surface area contributed by atoms with Crippen LogP contribution in [0.4, 0.5) is 0 Å². The number of aliphatic hydroxyl groups excluding tert-OH is 19. The summed E-state index contributed by atoms with van der Waals surface area (Å²) in [5, 5.41) is 199. The Balaban J connectivity index is 1.14. The molecule has 0 amide bonds. The zero-order valence-electron chi connectivity index (χ0n) is 36.0. The van der Waals surface area contributed by atoms with Crippen molar-refractivity contribution in [2.75, 3.05) is 46.8 Å². The Bertz CT molecular complexity index is 1520. The van der Waals surface area contributed by atoms with E-state index in [4.69, 9.17) is 56.8 Å². The lowest BCUT2D eigenvalue weighted by atomic mass is 9.96. The first-order valence-corrected chi connectivity index (χ1v) is 21.5. The highest BCUT2D eigenvalue weighted by atomic mass is 16.8. The first-order valence-electron chi connectivity index (χ1n) is 21.5. The van der Waals surface area contributed by atoms with E-state index in [9.17, 15) is 97.0 Å². The third-order valence-corrected chi connectivity index (χ3v) is 12.6. The Hall–Kier alpha value is -1.24. The molecule has 398 valence electrons. The van der Waals surface area contributed by atoms with Gasteiger partial charge in [0.2, 0.25) is 0 Å². The average molecular weight is 1000 g/mol. The van der Waals surface area contributed by atoms with Crippen LogP contribution in [0.25, 0.3) is 0 Å². The summed E-state index contributed by atoms with van der Waals surface area (Å²) in [6.07, 6.45) is -54.6. The first kappa shape index (κ1) is 56.1. The molecule has 0 saturated carbocycles. The lowest BCUT2D eigenvalue weighted by Gasteiger charge is -2.47. The molecular weight excluding hydrogens is 940 g/mol. The van der Waals surface area contributed by atoms with Crippen molar-refractivity contribution in [3.05, 3.63) is 0 Å². The second kappa shape index (κ2) is 24.2. The molecule has 6 saturated heterocycles. The highest BCUT2D eigenvalue weighted by molar-refractivity contribution is 4.98. The summed E-state index contributed by atoms with van der Waals surface area (Å²) in [5.41, 5.74) is 0. The van der Waals surface area contributed by atoms with E-state index in [1.807, 2.05) is 0 Å². The van der Waals surface area contributed by atoms with Gasteiger partial charge in [-0.2, -0.15) is 0 Å². The van der Waals surface area contributed by atoms with Crippen molar-refractivity contribution in [2.45, 2.75) is 184 Å². The van der Waals surface area contributed by atoms with Crippen molar-refractivity contribution >= 4 is 0 Å². The maximum atomic E-state index is 11.4. The molecule has 6 aliphatic rings. The molecule has 6 aliphatic heterocycles. The number of aliphatic hydroxyl groups is 19. The van der Waals surface area contributed by atoms with Crippen molar-refractivity contribution in [1.82, 2.24) is 0 Å². The number of rotatable bonds is 17. The number of methoxy groups -OCH3 is 1. The maximum absolute atomic E-state index is 11.4. The normalized spacial score (nSPS) is 52.8. The molecule has 31 nitrogen and oxygen atoms in total. The minimum atomic E-state index is -2.10. The van der Waals surface area contributed by atoms with Gasteiger partial charge in [0.05, 0.1) is 39.6 Å². The summed E-state index contributed by atoms with van der Waals surface area (Å²) in [7, 11) is 1.11. The molecule has 19 N–H and O–H groups in total. The predicted octanol–water partition coefficient (Wildman–Crippen LogP) is -13.4. The molecule has 68 heavy (non-hydrogen) atoms. The zero-order valence-corrected chi connectivity index (χ0v) is 36.0. The van der Waals surface area contributed by atoms with Crippen LogP contribution in [-0.2, 0) is 56.8 Å². The van der Waals surface area contributed by atoms with Gasteiger partial charge < -0.3 is 154 Å². The van der Waals surface area contributed by atoms with Crippen LogP contribution in [0.15, 0.2) is 0 Å². The monoisotopic (exact) mass is 1000 g/mol. The van der Waals surface area contributed by atoms with Gasteiger partial charge in [0.1, 0.15) is 146 Å². The molecule has 0 spiro atoms. The molecule has 0 bridgehead atoms. The third-order valence-electron chi connectivity index (χ3n) is 12.6. The van der Waals surface area contributed by atoms with Gasteiger partial charge in [-0.1, -0.05) is 0 Å². The van der Waals surface area contributed by atoms with Gasteiger partial charge in [-0.15, -0.1) is 0 Å². The lowest BCUT2D eigenvalue weighted by molar-refractivity contribution is -0.373. The van der Waals surface area contributed by atoms with Crippen molar-refractivity contribution < 1.29 is 154 Å². The van der Waals surface area contributed by atoms with E-state index in [2.05, 4.69) is 0 Å². The van der Waals surface area contributed by atoms with Crippen LogP contribution in [0.5, 0.6) is 0 Å². The summed E-state index contributed by atoms with van der Waals surface area (Å²) in [5.74, 6) is 0. The van der Waals surface area contributed by atoms with Gasteiger partial charge >= 0.3 is 0 Å². The maximum Gasteiger partial charge on any atom is 0.187 e. The summed E-state index contributed by atoms with van der Waals surface area (Å²) in [6, 6.07) is 0. The molecule has 6 rings (SSSR count). The largest absolute Gasteiger partial charge is 0.394 e. The fraction of sp³-hybridized carbons (Fsp3) is 1.00. The Kier molecular flexibility index (Phi) is 19.9. The average Bonchev–Trinajstić information content (AvgIpc) is 3.33. The highest BCUT2D eigenvalue weighted by Crippen LogP contribution is 2.34. The number of ether oxygens (including phenoxy) is 12. The van der Waals surface area contributed by atoms with Gasteiger partial charge in [-0.05, 0) is 0 Å². The summed E-state index contributed by atoms with van der Waals surface area (Å²) in [6.45, 7) is -4.94. The quantitative estimate of drug-likeness (QED) is 0.0643. The molecular formula is C37H64O31. The summed E-state index contributed by atoms with van der Waals surface area (Å²) in [4.78, 5) is 0. The van der Waals surface area contributed by atoms with Crippen molar-refractivity contribution in [3.8, 4) is 0 Å². The van der Waals surface area contributed by atoms with Crippen molar-refractivity contribution in [1.29, 1.82) is 0 Å². The van der Waals surface area contributed by atoms with E-state index in [1.165, 1.54) is 0 Å². The standard InChI is InChI=1S/C37H64O31/c1-57-32-28(55)30(67-36-26(53)21(48)15(42)9(3-39)62-36)18(45)12(64-32)6-59-34-25(52)23(50)17(44)11(65-34)5-60-35-29(56)31(68-37-27(54)22(49)16(43)10(4-40)63-37)19(46)13(66-35)7-58-33-24(51)20(47)14(41)8(2-38)61-33/h8-56H,2-7H2,1H3/t8-,9-,10-,11-,12-,13-,14-,15-,16-,17-,18-,19-,20+,21+,22+,23+,24+,25+,26+,27+,28+,29+,30+,31+,32+,33+,34+,35+,36-,37-/m1/s1. The minimum absolute atomic E-state index is 0.754. The Morgan fingerprint density at radius 3 is 0.868 bits per heavy atom. The fourth-order valence-electron chi connectivity index (χ4n) is 8.37. The van der Waals surface area contributed by atoms with Crippen LogP contribution in [0.2, 0.25) is 0 Å². The molecule has 0 unspecified atom stereocenters. The minimum Gasteiger partial charge on any atom is -0.394 e. The van der Waals surface area contributed by atoms with E-state index in [-0.39, 0.29) is 0 Å². The molecule has 6 fully saturated rings. The molecule has 0 aromatic carbocycles. The van der Waals surface area contributed by atoms with Crippen molar-refractivity contribution in [3.63, 3.8) is 0 Å². The molecule has 0 radical (unpaired) electrons. The third kappa shape index (κ3) is 11.7. The van der Waals surface area contributed by atoms with Gasteiger partial charge in [-0.25, -0.2) is 0 Å². The smallest absolute Gasteiger partial charge is 0.187 e. The molecule has 0 aliphatic carbocycles. The Morgan fingerprint density at radius 1 is 0.279 bits per heavy atom. The fourth-order valence-corrected chi connectivity index (χ4v) is 8.37. The molecule has 0 aromatic rings. The van der Waals surface area contributed by atoms with Gasteiger partial charge in [0.15, 0.2) is 37.7 Å². The lowest BCUT2D eigenvalue weighted by Crippen LogP contribution is -2.66. The number of hydrogen-bond acceptors (Lipinski definition) is 31. The Morgan fingerprint density at radius 2 is 0.529 bits per heavy atom. The summed E-state index contributed by atoms with van der Waals surface area (Å²) < 4.78 is 66.3. The van der Waals surface area contributed by atoms with Crippen LogP contribution in [0, 0.1) is 0 Å². The van der Waals surface area contributed by atoms with E-state index in [1.54, 1.807) is 0 Å². The Labute approximate surface area is 384 Å². The van der Waals surface area contributed by atoms with Gasteiger partial charge in [-0.3, -0.25) is 0 Å². The SMILES string of the molecule is CO[C@H]1O[C@H](CO[C@H]2O[C@H](CO[C@H]3O[C@H](CO[C@H]4O[C@H](CO)[C@@H](O)[C@H](O)[C@@H]4O)[C@@H](O)[C@H](O[C@H]4O[C@H](CO)[C@@H](O)[C@H](O)[C@@H]4O)[C@@H]3O)[C@@H](O)[C@H](O)[C@@H]2O)[C@@H](O)[C@H](O[C@H]2O[C@H](CO)[C@@H](O)[C@H](O)[C@@H]2O)[C@@H]1O. The van der Waals surface area contributed by atoms with Gasteiger partial charge in [0.25, 0.3) is 0 Å². The molecule has 30 atom stereocenters. The van der Waals surface area contributed by atoms with Crippen LogP contribution in [0.3, 0.4) is 0 Å². The van der Waals surface area contributed by atoms with E-state index in [0.717, 1.165) is 7.11 Å². The molecule has 0 aromatic heterocycles. The van der Waals surface area contributed by atoms with Crippen LogP contribution >= 0.6 is 0 Å². The van der Waals surface area contributed by atoms with E-state index in [0.29, 0.717) is 0 Å². The highest BCUT2D eigenvalue weighted by Gasteiger charge is 2.55. The van der Waals surface area contributed by atoms with E-state index < -0.39 is 224 Å². The van der Waals surface area contributed by atoms with E-state index >= 15 is 0 Å². The summed E-state index contributed by atoms with van der Waals surface area (Å²) >= 11 is 0. The first-order chi connectivity index (χ1) is 32.2. The second-order valence-corrected chi connectivity index (χ2v) is 17.1. The van der Waals surface area contributed by atoms with Crippen LogP contribution in [-0.4, -0.2) is 328 Å². The zero-order chi connectivity index (χ0) is 50.0. The van der Waals surface area contributed by atoms with Crippen LogP contribution < -0.4 is 0 Å². The second-order valence-electron chi connectivity index (χ2n) is 17.1. The molecule has 6 heterocycles. The topological polar surface area (TPSA) is 495 Å². The van der Waals surface area contributed by atoms with Crippen molar-refractivity contribution in [2.24, 2.45) is 0 Å².